The van der Waals surface area contributed by atoms with E-state index in [1.165, 1.54) is 0 Å². The standard InChI is InChI=1S/C20H19NO4/c1-2-12-25-20(24)17(13-14-8-4-3-5-9-14)21-18(22)15-10-6-7-11-16(15)19(21)23/h3-11,17H,2,12-13H2,1H3/t17-/m1/s1. The van der Waals surface area contributed by atoms with Crippen molar-refractivity contribution in [2.45, 2.75) is 25.8 Å². The van der Waals surface area contributed by atoms with Crippen molar-refractivity contribution in [3.63, 3.8) is 0 Å². The zero-order valence-corrected chi connectivity index (χ0v) is 14.0. The predicted molar refractivity (Wildman–Crippen MR) is 92.1 cm³/mol. The highest BCUT2D eigenvalue weighted by Gasteiger charge is 2.43. The van der Waals surface area contributed by atoms with E-state index in [2.05, 4.69) is 0 Å². The van der Waals surface area contributed by atoms with Crippen LogP contribution in [-0.4, -0.2) is 35.3 Å². The third-order valence-electron chi connectivity index (χ3n) is 4.13. The predicted octanol–water partition coefficient (Wildman–Crippen LogP) is 2.85. The van der Waals surface area contributed by atoms with Crippen LogP contribution in [0.1, 0.15) is 39.6 Å². The van der Waals surface area contributed by atoms with Gasteiger partial charge in [-0.2, -0.15) is 0 Å². The van der Waals surface area contributed by atoms with Crippen molar-refractivity contribution < 1.29 is 19.1 Å². The molecule has 0 radical (unpaired) electrons. The van der Waals surface area contributed by atoms with Crippen LogP contribution in [-0.2, 0) is 16.0 Å². The Kier molecular flexibility index (Phi) is 4.93. The van der Waals surface area contributed by atoms with Crippen LogP contribution in [0.15, 0.2) is 54.6 Å². The van der Waals surface area contributed by atoms with Gasteiger partial charge in [0.25, 0.3) is 11.8 Å². The first-order valence-corrected chi connectivity index (χ1v) is 8.31. The van der Waals surface area contributed by atoms with E-state index in [1.807, 2.05) is 37.3 Å². The van der Waals surface area contributed by atoms with Gasteiger partial charge in [0.2, 0.25) is 0 Å². The molecule has 5 nitrogen and oxygen atoms in total. The summed E-state index contributed by atoms with van der Waals surface area (Å²) < 4.78 is 5.25. The molecular weight excluding hydrogens is 318 g/mol. The summed E-state index contributed by atoms with van der Waals surface area (Å²) in [5.74, 6) is -1.45. The molecule has 0 bridgehead atoms. The van der Waals surface area contributed by atoms with Gasteiger partial charge in [0.15, 0.2) is 0 Å². The molecule has 1 heterocycles. The monoisotopic (exact) mass is 337 g/mol. The van der Waals surface area contributed by atoms with Crippen LogP contribution < -0.4 is 0 Å². The fourth-order valence-electron chi connectivity index (χ4n) is 2.91. The number of rotatable bonds is 6. The lowest BCUT2D eigenvalue weighted by Gasteiger charge is -2.24. The number of esters is 1. The molecule has 1 aliphatic rings. The fraction of sp³-hybridized carbons (Fsp3) is 0.250. The summed E-state index contributed by atoms with van der Waals surface area (Å²) in [6.45, 7) is 2.15. The van der Waals surface area contributed by atoms with Crippen LogP contribution in [0.4, 0.5) is 0 Å². The van der Waals surface area contributed by atoms with Crippen LogP contribution >= 0.6 is 0 Å². The molecule has 5 heteroatoms. The van der Waals surface area contributed by atoms with Crippen LogP contribution in [0.5, 0.6) is 0 Å². The highest BCUT2D eigenvalue weighted by molar-refractivity contribution is 6.22. The van der Waals surface area contributed by atoms with Crippen molar-refractivity contribution in [3.05, 3.63) is 71.3 Å². The van der Waals surface area contributed by atoms with Crippen molar-refractivity contribution >= 4 is 17.8 Å². The number of benzene rings is 2. The quantitative estimate of drug-likeness (QED) is 0.601. The number of carbonyl (C=O) groups is 3. The second-order valence-electron chi connectivity index (χ2n) is 5.90. The molecule has 0 saturated heterocycles. The van der Waals surface area contributed by atoms with Gasteiger partial charge < -0.3 is 4.74 Å². The molecule has 2 aromatic carbocycles. The Morgan fingerprint density at radius 2 is 1.52 bits per heavy atom. The molecular formula is C20H19NO4. The van der Waals surface area contributed by atoms with E-state index in [4.69, 9.17) is 4.74 Å². The molecule has 3 rings (SSSR count). The summed E-state index contributed by atoms with van der Waals surface area (Å²) in [5, 5.41) is 0. The zero-order valence-electron chi connectivity index (χ0n) is 14.0. The summed E-state index contributed by atoms with van der Waals surface area (Å²) in [4.78, 5) is 39.0. The average Bonchev–Trinajstić information content (AvgIpc) is 2.90. The van der Waals surface area contributed by atoms with Crippen LogP contribution in [0.25, 0.3) is 0 Å². The van der Waals surface area contributed by atoms with E-state index in [-0.39, 0.29) is 13.0 Å². The van der Waals surface area contributed by atoms with Gasteiger partial charge in [-0.1, -0.05) is 49.4 Å². The SMILES string of the molecule is CCCOC(=O)[C@@H](Cc1ccccc1)N1C(=O)c2ccccc2C1=O. The Balaban J connectivity index is 1.93. The zero-order chi connectivity index (χ0) is 17.8. The van der Waals surface area contributed by atoms with Gasteiger partial charge in [0.1, 0.15) is 6.04 Å². The Morgan fingerprint density at radius 1 is 0.960 bits per heavy atom. The van der Waals surface area contributed by atoms with E-state index in [0.29, 0.717) is 17.5 Å². The maximum atomic E-state index is 12.7. The van der Waals surface area contributed by atoms with Gasteiger partial charge in [-0.3, -0.25) is 14.5 Å². The number of hydrogen-bond donors (Lipinski definition) is 0. The highest BCUT2D eigenvalue weighted by atomic mass is 16.5. The summed E-state index contributed by atoms with van der Waals surface area (Å²) in [5.41, 5.74) is 1.51. The third kappa shape index (κ3) is 3.31. The van der Waals surface area contributed by atoms with Crippen molar-refractivity contribution in [1.29, 1.82) is 0 Å². The average molecular weight is 337 g/mol. The van der Waals surface area contributed by atoms with Gasteiger partial charge in [0, 0.05) is 6.42 Å². The topological polar surface area (TPSA) is 63.7 Å². The Labute approximate surface area is 146 Å². The lowest BCUT2D eigenvalue weighted by molar-refractivity contribution is -0.148. The maximum absolute atomic E-state index is 12.7. The number of imide groups is 1. The molecule has 0 aliphatic carbocycles. The summed E-state index contributed by atoms with van der Waals surface area (Å²) >= 11 is 0. The van der Waals surface area contributed by atoms with Gasteiger partial charge in [-0.15, -0.1) is 0 Å². The van der Waals surface area contributed by atoms with Crippen LogP contribution in [0, 0.1) is 0 Å². The van der Waals surface area contributed by atoms with Crippen molar-refractivity contribution in [1.82, 2.24) is 4.90 Å². The second kappa shape index (κ2) is 7.30. The molecule has 0 N–H and O–H groups in total. The maximum Gasteiger partial charge on any atom is 0.329 e. The highest BCUT2D eigenvalue weighted by Crippen LogP contribution is 2.26. The van der Waals surface area contributed by atoms with E-state index >= 15 is 0 Å². The minimum Gasteiger partial charge on any atom is -0.464 e. The van der Waals surface area contributed by atoms with Crippen LogP contribution in [0.2, 0.25) is 0 Å². The molecule has 0 fully saturated rings. The molecule has 0 unspecified atom stereocenters. The lowest BCUT2D eigenvalue weighted by atomic mass is 10.0. The number of nitrogens with zero attached hydrogens (tertiary/aromatic N) is 1. The van der Waals surface area contributed by atoms with Gasteiger partial charge in [-0.25, -0.2) is 4.79 Å². The Hall–Kier alpha value is -2.95. The minimum absolute atomic E-state index is 0.231. The van der Waals surface area contributed by atoms with Gasteiger partial charge >= 0.3 is 5.97 Å². The lowest BCUT2D eigenvalue weighted by Crippen LogP contribution is -2.47. The Morgan fingerprint density at radius 3 is 2.08 bits per heavy atom. The normalized spacial score (nSPS) is 14.4. The first-order chi connectivity index (χ1) is 12.1. The van der Waals surface area contributed by atoms with E-state index in [9.17, 15) is 14.4 Å². The summed E-state index contributed by atoms with van der Waals surface area (Å²) in [6.07, 6.45) is 0.904. The number of fused-ring (bicyclic) bond motifs is 1. The first kappa shape index (κ1) is 16.9. The summed E-state index contributed by atoms with van der Waals surface area (Å²) in [7, 11) is 0. The number of ether oxygens (including phenoxy) is 1. The second-order valence-corrected chi connectivity index (χ2v) is 5.90. The smallest absolute Gasteiger partial charge is 0.329 e. The first-order valence-electron chi connectivity index (χ1n) is 8.31. The molecule has 128 valence electrons. The number of hydrogen-bond acceptors (Lipinski definition) is 4. The Bertz CT molecular complexity index is 765. The minimum atomic E-state index is -0.971. The van der Waals surface area contributed by atoms with Crippen molar-refractivity contribution in [2.75, 3.05) is 6.61 Å². The van der Waals surface area contributed by atoms with Crippen LogP contribution in [0.3, 0.4) is 0 Å². The van der Waals surface area contributed by atoms with E-state index < -0.39 is 23.8 Å². The molecule has 2 amide bonds. The van der Waals surface area contributed by atoms with Crippen molar-refractivity contribution in [2.24, 2.45) is 0 Å². The number of amides is 2. The number of carbonyl (C=O) groups excluding carboxylic acids is 3. The van der Waals surface area contributed by atoms with Gasteiger partial charge in [-0.05, 0) is 24.1 Å². The third-order valence-corrected chi connectivity index (χ3v) is 4.13. The molecule has 0 saturated carbocycles. The van der Waals surface area contributed by atoms with E-state index in [1.54, 1.807) is 24.3 Å². The molecule has 0 aromatic heterocycles. The van der Waals surface area contributed by atoms with Crippen molar-refractivity contribution in [3.8, 4) is 0 Å². The van der Waals surface area contributed by atoms with Gasteiger partial charge in [0.05, 0.1) is 17.7 Å². The molecule has 1 atom stereocenters. The molecule has 25 heavy (non-hydrogen) atoms. The molecule has 0 spiro atoms. The fourth-order valence-corrected chi connectivity index (χ4v) is 2.91. The molecule has 1 aliphatic heterocycles. The summed E-state index contributed by atoms with van der Waals surface area (Å²) in [6, 6.07) is 14.9. The molecule has 2 aromatic rings. The largest absolute Gasteiger partial charge is 0.464 e. The van der Waals surface area contributed by atoms with E-state index in [0.717, 1.165) is 10.5 Å².